The molecular weight excluding hydrogens is 206 g/mol. The van der Waals surface area contributed by atoms with Crippen molar-refractivity contribution in [1.29, 1.82) is 0 Å². The topological polar surface area (TPSA) is 12.0 Å². The Morgan fingerprint density at radius 3 is 2.41 bits per heavy atom. The lowest BCUT2D eigenvalue weighted by Crippen LogP contribution is -2.28. The van der Waals surface area contributed by atoms with E-state index < -0.39 is 0 Å². The Morgan fingerprint density at radius 1 is 1.12 bits per heavy atom. The number of hydrogen-bond donors (Lipinski definition) is 1. The molecule has 0 aliphatic heterocycles. The van der Waals surface area contributed by atoms with Crippen molar-refractivity contribution < 1.29 is 0 Å². The lowest BCUT2D eigenvalue weighted by molar-refractivity contribution is 0.299. The fraction of sp³-hybridized carbons (Fsp3) is 1.00. The van der Waals surface area contributed by atoms with Crippen LogP contribution in [0.2, 0.25) is 0 Å². The molecule has 1 N–H and O–H groups in total. The first-order valence-electron chi connectivity index (χ1n) is 7.93. The summed E-state index contributed by atoms with van der Waals surface area (Å²) >= 11 is 0. The molecule has 1 heteroatoms. The molecule has 0 aromatic carbocycles. The van der Waals surface area contributed by atoms with Crippen LogP contribution in [-0.2, 0) is 0 Å². The second-order valence-electron chi connectivity index (χ2n) is 6.20. The van der Waals surface area contributed by atoms with Gasteiger partial charge in [0.05, 0.1) is 0 Å². The molecule has 2 unspecified atom stereocenters. The molecule has 2 atom stereocenters. The highest BCUT2D eigenvalue weighted by Gasteiger charge is 2.16. The number of rotatable bonds is 8. The molecule has 0 amide bonds. The monoisotopic (exact) mass is 239 g/mol. The molecule has 1 aliphatic rings. The Bertz CT molecular complexity index is 172. The first kappa shape index (κ1) is 15.0. The van der Waals surface area contributed by atoms with Crippen molar-refractivity contribution in [2.45, 2.75) is 84.1 Å². The van der Waals surface area contributed by atoms with Crippen molar-refractivity contribution >= 4 is 0 Å². The largest absolute Gasteiger partial charge is 0.317 e. The lowest BCUT2D eigenvalue weighted by Gasteiger charge is -2.25. The van der Waals surface area contributed by atoms with Crippen LogP contribution >= 0.6 is 0 Å². The van der Waals surface area contributed by atoms with Crippen molar-refractivity contribution in [2.24, 2.45) is 11.8 Å². The van der Waals surface area contributed by atoms with E-state index in [1.54, 1.807) is 0 Å². The normalized spacial score (nSPS) is 21.4. The summed E-state index contributed by atoms with van der Waals surface area (Å²) in [6.07, 6.45) is 14.4. The van der Waals surface area contributed by atoms with Gasteiger partial charge < -0.3 is 5.32 Å². The summed E-state index contributed by atoms with van der Waals surface area (Å²) in [5, 5.41) is 3.53. The van der Waals surface area contributed by atoms with E-state index in [0.29, 0.717) is 0 Å². The summed E-state index contributed by atoms with van der Waals surface area (Å²) < 4.78 is 0. The van der Waals surface area contributed by atoms with Gasteiger partial charge in [0.25, 0.3) is 0 Å². The smallest absolute Gasteiger partial charge is 0.00667 e. The fourth-order valence-corrected chi connectivity index (χ4v) is 3.39. The van der Waals surface area contributed by atoms with E-state index in [1.807, 2.05) is 0 Å². The van der Waals surface area contributed by atoms with Gasteiger partial charge in [0.2, 0.25) is 0 Å². The zero-order valence-electron chi connectivity index (χ0n) is 12.3. The maximum absolute atomic E-state index is 3.53. The zero-order chi connectivity index (χ0) is 12.5. The minimum absolute atomic E-state index is 0.762. The summed E-state index contributed by atoms with van der Waals surface area (Å²) in [5.41, 5.74) is 0. The molecule has 0 radical (unpaired) electrons. The van der Waals surface area contributed by atoms with Gasteiger partial charge in [0, 0.05) is 6.04 Å². The molecule has 0 bridgehead atoms. The van der Waals surface area contributed by atoms with Gasteiger partial charge in [-0.15, -0.1) is 0 Å². The second-order valence-corrected chi connectivity index (χ2v) is 6.20. The van der Waals surface area contributed by atoms with Crippen LogP contribution < -0.4 is 5.32 Å². The molecule has 1 fully saturated rings. The van der Waals surface area contributed by atoms with E-state index >= 15 is 0 Å². The SMILES string of the molecule is CCCC(C)CC(CCC1CCCCC1)NC. The third-order valence-electron chi connectivity index (χ3n) is 4.52. The predicted octanol–water partition coefficient (Wildman–Crippen LogP) is 4.76. The zero-order valence-corrected chi connectivity index (χ0v) is 12.3. The number of nitrogens with one attached hydrogen (secondary N) is 1. The van der Waals surface area contributed by atoms with E-state index in [9.17, 15) is 0 Å². The van der Waals surface area contributed by atoms with Crippen molar-refractivity contribution in [3.8, 4) is 0 Å². The highest BCUT2D eigenvalue weighted by atomic mass is 14.9. The molecule has 0 aromatic rings. The van der Waals surface area contributed by atoms with Gasteiger partial charge in [0.15, 0.2) is 0 Å². The minimum atomic E-state index is 0.762. The predicted molar refractivity (Wildman–Crippen MR) is 77.3 cm³/mol. The molecular formula is C16H33N. The van der Waals surface area contributed by atoms with Crippen LogP contribution in [0.4, 0.5) is 0 Å². The average Bonchev–Trinajstić information content (AvgIpc) is 2.36. The molecule has 0 saturated heterocycles. The molecule has 0 spiro atoms. The van der Waals surface area contributed by atoms with Gasteiger partial charge in [-0.05, 0) is 38.1 Å². The molecule has 1 rings (SSSR count). The Hall–Kier alpha value is -0.0400. The van der Waals surface area contributed by atoms with Gasteiger partial charge >= 0.3 is 0 Å². The third-order valence-corrected chi connectivity index (χ3v) is 4.52. The Labute approximate surface area is 109 Å². The van der Waals surface area contributed by atoms with Crippen molar-refractivity contribution in [3.63, 3.8) is 0 Å². The Kier molecular flexibility index (Phi) is 7.92. The molecule has 17 heavy (non-hydrogen) atoms. The minimum Gasteiger partial charge on any atom is -0.317 e. The Balaban J connectivity index is 2.16. The third kappa shape index (κ3) is 6.45. The van der Waals surface area contributed by atoms with Gasteiger partial charge in [0.1, 0.15) is 0 Å². The van der Waals surface area contributed by atoms with E-state index in [1.165, 1.54) is 64.2 Å². The molecule has 1 aliphatic carbocycles. The summed E-state index contributed by atoms with van der Waals surface area (Å²) in [6.45, 7) is 4.71. The molecule has 1 saturated carbocycles. The van der Waals surface area contributed by atoms with Gasteiger partial charge in [-0.1, -0.05) is 58.8 Å². The standard InChI is InChI=1S/C16H33N/c1-4-8-14(2)13-16(17-3)12-11-15-9-6-5-7-10-15/h14-17H,4-13H2,1-3H3. The van der Waals surface area contributed by atoms with Crippen LogP contribution in [0.5, 0.6) is 0 Å². The van der Waals surface area contributed by atoms with Crippen LogP contribution in [0, 0.1) is 11.8 Å². The maximum atomic E-state index is 3.53. The van der Waals surface area contributed by atoms with Crippen molar-refractivity contribution in [3.05, 3.63) is 0 Å². The summed E-state index contributed by atoms with van der Waals surface area (Å²) in [4.78, 5) is 0. The first-order valence-corrected chi connectivity index (χ1v) is 7.93. The molecule has 1 nitrogen and oxygen atoms in total. The van der Waals surface area contributed by atoms with Crippen molar-refractivity contribution in [1.82, 2.24) is 5.32 Å². The van der Waals surface area contributed by atoms with Crippen LogP contribution in [-0.4, -0.2) is 13.1 Å². The van der Waals surface area contributed by atoms with E-state index in [0.717, 1.165) is 17.9 Å². The number of hydrogen-bond acceptors (Lipinski definition) is 1. The summed E-state index contributed by atoms with van der Waals surface area (Å²) in [7, 11) is 2.14. The molecule has 102 valence electrons. The van der Waals surface area contributed by atoms with Crippen LogP contribution in [0.25, 0.3) is 0 Å². The van der Waals surface area contributed by atoms with E-state index in [-0.39, 0.29) is 0 Å². The highest BCUT2D eigenvalue weighted by Crippen LogP contribution is 2.28. The quantitative estimate of drug-likeness (QED) is 0.644. The highest BCUT2D eigenvalue weighted by molar-refractivity contribution is 4.72. The molecule has 0 aromatic heterocycles. The van der Waals surface area contributed by atoms with Crippen LogP contribution in [0.3, 0.4) is 0 Å². The van der Waals surface area contributed by atoms with Gasteiger partial charge in [-0.2, -0.15) is 0 Å². The lowest BCUT2D eigenvalue weighted by atomic mass is 9.84. The first-order chi connectivity index (χ1) is 8.26. The summed E-state index contributed by atoms with van der Waals surface area (Å²) in [6, 6.07) is 0.762. The van der Waals surface area contributed by atoms with Crippen LogP contribution in [0.1, 0.15) is 78.1 Å². The second kappa shape index (κ2) is 8.97. The average molecular weight is 239 g/mol. The van der Waals surface area contributed by atoms with Crippen molar-refractivity contribution in [2.75, 3.05) is 7.05 Å². The van der Waals surface area contributed by atoms with E-state index in [2.05, 4.69) is 26.2 Å². The van der Waals surface area contributed by atoms with Gasteiger partial charge in [-0.25, -0.2) is 0 Å². The van der Waals surface area contributed by atoms with Gasteiger partial charge in [-0.3, -0.25) is 0 Å². The summed E-state index contributed by atoms with van der Waals surface area (Å²) in [5.74, 6) is 1.94. The fourth-order valence-electron chi connectivity index (χ4n) is 3.39. The van der Waals surface area contributed by atoms with E-state index in [4.69, 9.17) is 0 Å². The van der Waals surface area contributed by atoms with Crippen LogP contribution in [0.15, 0.2) is 0 Å². The maximum Gasteiger partial charge on any atom is 0.00667 e. The Morgan fingerprint density at radius 2 is 1.82 bits per heavy atom. The molecule has 0 heterocycles.